The summed E-state index contributed by atoms with van der Waals surface area (Å²) in [4.78, 5) is 22.5. The molecule has 2 N–H and O–H groups in total. The number of carbonyl (C=O) groups excluding carboxylic acids is 2. The fourth-order valence-electron chi connectivity index (χ4n) is 1.48. The van der Waals surface area contributed by atoms with Crippen molar-refractivity contribution in [2.75, 3.05) is 0 Å². The fourth-order valence-corrected chi connectivity index (χ4v) is 1.48. The Bertz CT molecular complexity index is 455. The van der Waals surface area contributed by atoms with Crippen LogP contribution in [-0.2, 0) is 9.59 Å². The molecule has 0 fully saturated rings. The van der Waals surface area contributed by atoms with Gasteiger partial charge in [-0.05, 0) is 0 Å². The van der Waals surface area contributed by atoms with Gasteiger partial charge < -0.3 is 10.5 Å². The van der Waals surface area contributed by atoms with Gasteiger partial charge in [0.25, 0.3) is 0 Å². The molecule has 5 nitrogen and oxygen atoms in total. The van der Waals surface area contributed by atoms with Crippen LogP contribution >= 0.6 is 0 Å². The highest BCUT2D eigenvalue weighted by Crippen LogP contribution is 2.19. The van der Waals surface area contributed by atoms with Crippen molar-refractivity contribution in [2.45, 2.75) is 6.42 Å². The Morgan fingerprint density at radius 2 is 2.20 bits per heavy atom. The minimum Gasteiger partial charge on any atom is -0.410 e. The molecule has 1 aliphatic carbocycles. The summed E-state index contributed by atoms with van der Waals surface area (Å²) in [6, 6.07) is 0. The van der Waals surface area contributed by atoms with E-state index in [0.29, 0.717) is 11.3 Å². The Morgan fingerprint density at radius 1 is 1.40 bits per heavy atom. The summed E-state index contributed by atoms with van der Waals surface area (Å²) in [6.45, 7) is 0. The minimum absolute atomic E-state index is 0.0145. The number of ketones is 1. The third kappa shape index (κ3) is 1.59. The first-order chi connectivity index (χ1) is 7.22. The van der Waals surface area contributed by atoms with Gasteiger partial charge in [-0.25, -0.2) is 0 Å². The van der Waals surface area contributed by atoms with Crippen LogP contribution in [0.2, 0.25) is 0 Å². The lowest BCUT2D eigenvalue weighted by Gasteiger charge is -2.15. The Hall–Kier alpha value is -2.17. The molecular formula is C10H8N2O3. The second-order valence-electron chi connectivity index (χ2n) is 3.12. The van der Waals surface area contributed by atoms with Crippen molar-refractivity contribution in [3.8, 4) is 0 Å². The molecule has 0 atom stereocenters. The van der Waals surface area contributed by atoms with Crippen molar-refractivity contribution in [3.63, 3.8) is 0 Å². The standard InChI is InChI=1S/C10H8N2O3/c13-8-5-4-7-6(10(8)12-15)2-1-3-9(14)11-7/h1-4,15H,5H2,(H,11,14). The zero-order valence-corrected chi connectivity index (χ0v) is 7.73. The lowest BCUT2D eigenvalue weighted by atomic mass is 9.95. The SMILES string of the molecule is O=C1C=CC=C2C(=CCC(=O)C2=NO)N1. The molecular weight excluding hydrogens is 196 g/mol. The Balaban J connectivity index is 2.49. The molecule has 15 heavy (non-hydrogen) atoms. The summed E-state index contributed by atoms with van der Waals surface area (Å²) in [5, 5.41) is 14.3. The predicted molar refractivity (Wildman–Crippen MR) is 52.3 cm³/mol. The number of nitrogens with one attached hydrogen (secondary N) is 1. The summed E-state index contributed by atoms with van der Waals surface area (Å²) in [6.07, 6.45) is 6.15. The Labute approximate surface area is 85.5 Å². The molecule has 0 bridgehead atoms. The van der Waals surface area contributed by atoms with E-state index in [0.717, 1.165) is 0 Å². The number of amides is 1. The molecule has 5 heteroatoms. The van der Waals surface area contributed by atoms with Crippen molar-refractivity contribution >= 4 is 17.4 Å². The summed E-state index contributed by atoms with van der Waals surface area (Å²) in [5.41, 5.74) is 0.938. The van der Waals surface area contributed by atoms with E-state index in [4.69, 9.17) is 5.21 Å². The predicted octanol–water partition coefficient (Wildman–Crippen LogP) is 0.286. The maximum atomic E-state index is 11.4. The van der Waals surface area contributed by atoms with E-state index in [2.05, 4.69) is 10.5 Å². The van der Waals surface area contributed by atoms with Crippen molar-refractivity contribution in [3.05, 3.63) is 35.6 Å². The molecule has 0 unspecified atom stereocenters. The van der Waals surface area contributed by atoms with Crippen LogP contribution in [0, 0.1) is 0 Å². The number of oxime groups is 1. The largest absolute Gasteiger partial charge is 0.410 e. The molecule has 76 valence electrons. The van der Waals surface area contributed by atoms with Crippen molar-refractivity contribution in [2.24, 2.45) is 5.16 Å². The first-order valence-corrected chi connectivity index (χ1v) is 4.38. The monoisotopic (exact) mass is 204 g/mol. The molecule has 1 heterocycles. The van der Waals surface area contributed by atoms with Gasteiger partial charge in [-0.1, -0.05) is 23.4 Å². The number of fused-ring (bicyclic) bond motifs is 1. The Kier molecular flexibility index (Phi) is 2.21. The smallest absolute Gasteiger partial charge is 0.248 e. The number of rotatable bonds is 0. The molecule has 0 spiro atoms. The van der Waals surface area contributed by atoms with E-state index in [9.17, 15) is 9.59 Å². The number of allylic oxidation sites excluding steroid dienone is 4. The minimum atomic E-state index is -0.267. The van der Waals surface area contributed by atoms with E-state index in [1.54, 1.807) is 12.2 Å². The highest BCUT2D eigenvalue weighted by Gasteiger charge is 2.25. The third-order valence-corrected chi connectivity index (χ3v) is 2.17. The first-order valence-electron chi connectivity index (χ1n) is 4.38. The molecule has 0 aromatic carbocycles. The van der Waals surface area contributed by atoms with Crippen LogP contribution in [-0.4, -0.2) is 22.6 Å². The third-order valence-electron chi connectivity index (χ3n) is 2.17. The number of nitrogens with zero attached hydrogens (tertiary/aromatic N) is 1. The number of hydrogen-bond donors (Lipinski definition) is 2. The quantitative estimate of drug-likeness (QED) is 0.439. The first kappa shape index (κ1) is 9.39. The highest BCUT2D eigenvalue weighted by molar-refractivity contribution is 6.48. The number of carbonyl (C=O) groups is 2. The van der Waals surface area contributed by atoms with E-state index < -0.39 is 0 Å². The molecule has 0 saturated carbocycles. The average molecular weight is 204 g/mol. The topological polar surface area (TPSA) is 78.8 Å². The van der Waals surface area contributed by atoms with Gasteiger partial charge in [0.1, 0.15) is 0 Å². The van der Waals surface area contributed by atoms with Gasteiger partial charge in [-0.2, -0.15) is 0 Å². The second-order valence-corrected chi connectivity index (χ2v) is 3.12. The molecule has 2 rings (SSSR count). The number of Topliss-reactive ketones (excluding diaryl/α,β-unsaturated/α-hetero) is 1. The fraction of sp³-hybridized carbons (Fsp3) is 0.100. The van der Waals surface area contributed by atoms with Gasteiger partial charge in [0, 0.05) is 23.8 Å². The molecule has 0 aromatic rings. The van der Waals surface area contributed by atoms with Crippen LogP contribution in [0.1, 0.15) is 6.42 Å². The van der Waals surface area contributed by atoms with E-state index in [1.165, 1.54) is 12.2 Å². The van der Waals surface area contributed by atoms with Crippen LogP contribution < -0.4 is 5.32 Å². The van der Waals surface area contributed by atoms with Crippen molar-refractivity contribution < 1.29 is 14.8 Å². The molecule has 1 amide bonds. The maximum absolute atomic E-state index is 11.4. The highest BCUT2D eigenvalue weighted by atomic mass is 16.4. The Morgan fingerprint density at radius 3 is 2.93 bits per heavy atom. The lowest BCUT2D eigenvalue weighted by molar-refractivity contribution is -0.116. The molecule has 1 aliphatic heterocycles. The van der Waals surface area contributed by atoms with Gasteiger partial charge in [0.2, 0.25) is 5.91 Å². The van der Waals surface area contributed by atoms with Crippen LogP contribution in [0.4, 0.5) is 0 Å². The van der Waals surface area contributed by atoms with Gasteiger partial charge >= 0.3 is 0 Å². The average Bonchev–Trinajstić information content (AvgIpc) is 2.39. The second kappa shape index (κ2) is 3.53. The van der Waals surface area contributed by atoms with Gasteiger partial charge in [0.05, 0.1) is 0 Å². The molecule has 0 saturated heterocycles. The van der Waals surface area contributed by atoms with Gasteiger partial charge in [0.15, 0.2) is 11.5 Å². The zero-order valence-electron chi connectivity index (χ0n) is 7.73. The summed E-state index contributed by atoms with van der Waals surface area (Å²) < 4.78 is 0. The lowest BCUT2D eigenvalue weighted by Crippen LogP contribution is -2.29. The van der Waals surface area contributed by atoms with Crippen LogP contribution in [0.5, 0.6) is 0 Å². The van der Waals surface area contributed by atoms with Crippen molar-refractivity contribution in [1.82, 2.24) is 5.32 Å². The van der Waals surface area contributed by atoms with Gasteiger partial charge in [-0.3, -0.25) is 9.59 Å². The van der Waals surface area contributed by atoms with Crippen molar-refractivity contribution in [1.29, 1.82) is 0 Å². The summed E-state index contributed by atoms with van der Waals surface area (Å²) >= 11 is 0. The summed E-state index contributed by atoms with van der Waals surface area (Å²) in [5.74, 6) is -0.531. The molecule has 0 radical (unpaired) electrons. The molecule has 2 aliphatic rings. The van der Waals surface area contributed by atoms with E-state index in [1.807, 2.05) is 0 Å². The van der Waals surface area contributed by atoms with Gasteiger partial charge in [-0.15, -0.1) is 0 Å². The normalized spacial score (nSPS) is 22.8. The van der Waals surface area contributed by atoms with Crippen LogP contribution in [0.3, 0.4) is 0 Å². The van der Waals surface area contributed by atoms with E-state index in [-0.39, 0.29) is 23.8 Å². The summed E-state index contributed by atoms with van der Waals surface area (Å²) in [7, 11) is 0. The van der Waals surface area contributed by atoms with Crippen LogP contribution in [0.25, 0.3) is 0 Å². The number of hydrogen-bond acceptors (Lipinski definition) is 4. The molecule has 0 aromatic heterocycles. The zero-order chi connectivity index (χ0) is 10.8. The van der Waals surface area contributed by atoms with Crippen LogP contribution in [0.15, 0.2) is 40.7 Å². The maximum Gasteiger partial charge on any atom is 0.248 e. The van der Waals surface area contributed by atoms with E-state index >= 15 is 0 Å².